The van der Waals surface area contributed by atoms with Crippen LogP contribution in [0.4, 0.5) is 5.13 Å². The maximum Gasteiger partial charge on any atom is 0.203 e. The Morgan fingerprint density at radius 3 is 2.83 bits per heavy atom. The predicted molar refractivity (Wildman–Crippen MR) is 104 cm³/mol. The summed E-state index contributed by atoms with van der Waals surface area (Å²) in [5, 5.41) is 7.02. The number of ether oxygens (including phenoxy) is 1. The Morgan fingerprint density at radius 1 is 1.22 bits per heavy atom. The highest BCUT2D eigenvalue weighted by molar-refractivity contribution is 14.1. The van der Waals surface area contributed by atoms with E-state index in [0.29, 0.717) is 0 Å². The van der Waals surface area contributed by atoms with Crippen molar-refractivity contribution in [2.75, 3.05) is 12.5 Å². The zero-order valence-corrected chi connectivity index (χ0v) is 15.3. The van der Waals surface area contributed by atoms with Crippen molar-refractivity contribution in [3.63, 3.8) is 0 Å². The molecule has 1 heterocycles. The zero-order valence-electron chi connectivity index (χ0n) is 12.4. The number of anilines is 1. The number of rotatable bonds is 5. The second-order valence-corrected chi connectivity index (χ2v) is 6.69. The first-order valence-electron chi connectivity index (χ1n) is 6.90. The summed E-state index contributed by atoms with van der Waals surface area (Å²) in [6, 6.07) is 16.0. The standard InChI is InChI=1S/C17H14IN3OS/c1-22-16-9-12(7-8-14(16)18)10-19-21-17-20-15(11-23-17)13-5-3-2-4-6-13/h2-11H,1H3,(H,20,21). The molecule has 0 radical (unpaired) electrons. The normalized spacial score (nSPS) is 10.9. The van der Waals surface area contributed by atoms with Crippen LogP contribution in [0.3, 0.4) is 0 Å². The molecule has 4 nitrogen and oxygen atoms in total. The number of thiazole rings is 1. The fourth-order valence-corrected chi connectivity index (χ4v) is 3.21. The van der Waals surface area contributed by atoms with Crippen molar-refractivity contribution >= 4 is 45.3 Å². The molecule has 23 heavy (non-hydrogen) atoms. The van der Waals surface area contributed by atoms with Crippen LogP contribution in [-0.4, -0.2) is 18.3 Å². The van der Waals surface area contributed by atoms with Crippen molar-refractivity contribution in [2.24, 2.45) is 5.10 Å². The molecule has 0 spiro atoms. The van der Waals surface area contributed by atoms with E-state index in [9.17, 15) is 0 Å². The number of nitrogens with zero attached hydrogens (tertiary/aromatic N) is 2. The van der Waals surface area contributed by atoms with E-state index in [1.807, 2.05) is 53.9 Å². The number of hydrogen-bond donors (Lipinski definition) is 1. The van der Waals surface area contributed by atoms with Gasteiger partial charge in [0.2, 0.25) is 5.13 Å². The van der Waals surface area contributed by atoms with Crippen molar-refractivity contribution in [3.8, 4) is 17.0 Å². The summed E-state index contributed by atoms with van der Waals surface area (Å²) in [4.78, 5) is 4.53. The Bertz CT molecular complexity index is 818. The number of halogens is 1. The van der Waals surface area contributed by atoms with Crippen molar-refractivity contribution < 1.29 is 4.74 Å². The molecule has 116 valence electrons. The molecule has 6 heteroatoms. The molecule has 0 saturated carbocycles. The van der Waals surface area contributed by atoms with Crippen LogP contribution in [0.2, 0.25) is 0 Å². The fourth-order valence-electron chi connectivity index (χ4n) is 1.99. The molecule has 3 rings (SSSR count). The third-order valence-corrected chi connectivity index (χ3v) is 4.76. The average Bonchev–Trinajstić information content (AvgIpc) is 3.06. The van der Waals surface area contributed by atoms with E-state index in [-0.39, 0.29) is 0 Å². The summed E-state index contributed by atoms with van der Waals surface area (Å²) in [7, 11) is 1.66. The van der Waals surface area contributed by atoms with Crippen LogP contribution in [0.15, 0.2) is 59.0 Å². The van der Waals surface area contributed by atoms with Crippen molar-refractivity contribution in [1.82, 2.24) is 4.98 Å². The van der Waals surface area contributed by atoms with Crippen molar-refractivity contribution in [1.29, 1.82) is 0 Å². The maximum atomic E-state index is 5.30. The maximum absolute atomic E-state index is 5.30. The minimum atomic E-state index is 0.762. The average molecular weight is 435 g/mol. The topological polar surface area (TPSA) is 46.5 Å². The van der Waals surface area contributed by atoms with Crippen LogP contribution in [0.1, 0.15) is 5.56 Å². The zero-order chi connectivity index (χ0) is 16.1. The van der Waals surface area contributed by atoms with Gasteiger partial charge in [0, 0.05) is 10.9 Å². The molecular weight excluding hydrogens is 421 g/mol. The number of aromatic nitrogens is 1. The molecule has 0 unspecified atom stereocenters. The monoisotopic (exact) mass is 435 g/mol. The third kappa shape index (κ3) is 4.08. The largest absolute Gasteiger partial charge is 0.496 e. The highest BCUT2D eigenvalue weighted by Gasteiger charge is 2.03. The molecular formula is C17H14IN3OS. The smallest absolute Gasteiger partial charge is 0.203 e. The number of nitrogens with one attached hydrogen (secondary N) is 1. The minimum absolute atomic E-state index is 0.762. The molecule has 0 aliphatic rings. The van der Waals surface area contributed by atoms with Gasteiger partial charge >= 0.3 is 0 Å². The van der Waals surface area contributed by atoms with Gasteiger partial charge in [0.15, 0.2) is 0 Å². The quantitative estimate of drug-likeness (QED) is 0.354. The van der Waals surface area contributed by atoms with Crippen molar-refractivity contribution in [3.05, 3.63) is 63.0 Å². The molecule has 0 aliphatic heterocycles. The Labute approximate surface area is 152 Å². The Morgan fingerprint density at radius 2 is 2.04 bits per heavy atom. The van der Waals surface area contributed by atoms with Gasteiger partial charge < -0.3 is 4.74 Å². The van der Waals surface area contributed by atoms with E-state index in [2.05, 4.69) is 38.1 Å². The van der Waals surface area contributed by atoms with E-state index in [1.165, 1.54) is 11.3 Å². The van der Waals surface area contributed by atoms with Crippen LogP contribution < -0.4 is 10.2 Å². The molecule has 0 aliphatic carbocycles. The highest BCUT2D eigenvalue weighted by atomic mass is 127. The van der Waals surface area contributed by atoms with E-state index < -0.39 is 0 Å². The molecule has 0 amide bonds. The molecule has 0 bridgehead atoms. The van der Waals surface area contributed by atoms with Gasteiger partial charge in [-0.2, -0.15) is 5.10 Å². The van der Waals surface area contributed by atoms with E-state index >= 15 is 0 Å². The lowest BCUT2D eigenvalue weighted by Gasteiger charge is -2.03. The first-order chi connectivity index (χ1) is 11.3. The van der Waals surface area contributed by atoms with Gasteiger partial charge in [0.25, 0.3) is 0 Å². The highest BCUT2D eigenvalue weighted by Crippen LogP contribution is 2.24. The molecule has 2 aromatic carbocycles. The second kappa shape index (κ2) is 7.56. The lowest BCUT2D eigenvalue weighted by atomic mass is 10.2. The Balaban J connectivity index is 1.68. The third-order valence-electron chi connectivity index (χ3n) is 3.12. The first kappa shape index (κ1) is 15.9. The summed E-state index contributed by atoms with van der Waals surface area (Å²) in [6.07, 6.45) is 1.75. The summed E-state index contributed by atoms with van der Waals surface area (Å²) < 4.78 is 6.37. The van der Waals surface area contributed by atoms with Gasteiger partial charge in [-0.15, -0.1) is 11.3 Å². The van der Waals surface area contributed by atoms with E-state index in [0.717, 1.165) is 31.3 Å². The molecule has 0 atom stereocenters. The summed E-state index contributed by atoms with van der Waals surface area (Å²) in [5.41, 5.74) is 5.99. The molecule has 1 N–H and O–H groups in total. The van der Waals surface area contributed by atoms with Gasteiger partial charge in [-0.25, -0.2) is 4.98 Å². The van der Waals surface area contributed by atoms with Crippen LogP contribution in [0.5, 0.6) is 5.75 Å². The molecule has 1 aromatic heterocycles. The predicted octanol–water partition coefficient (Wildman–Crippen LogP) is 4.87. The summed E-state index contributed by atoms with van der Waals surface area (Å²) >= 11 is 3.77. The number of hydrazone groups is 1. The van der Waals surface area contributed by atoms with Gasteiger partial charge in [0.05, 0.1) is 22.6 Å². The summed E-state index contributed by atoms with van der Waals surface area (Å²) in [5.74, 6) is 0.843. The van der Waals surface area contributed by atoms with Gasteiger partial charge in [-0.1, -0.05) is 36.4 Å². The first-order valence-corrected chi connectivity index (χ1v) is 8.85. The molecule has 0 fully saturated rings. The van der Waals surface area contributed by atoms with Crippen LogP contribution in [0.25, 0.3) is 11.3 Å². The van der Waals surface area contributed by atoms with Gasteiger partial charge in [0.1, 0.15) is 5.75 Å². The van der Waals surface area contributed by atoms with Crippen LogP contribution >= 0.6 is 33.9 Å². The van der Waals surface area contributed by atoms with Crippen LogP contribution in [0, 0.1) is 3.57 Å². The molecule has 3 aromatic rings. The second-order valence-electron chi connectivity index (χ2n) is 4.67. The van der Waals surface area contributed by atoms with E-state index in [4.69, 9.17) is 4.74 Å². The van der Waals surface area contributed by atoms with Crippen LogP contribution in [-0.2, 0) is 0 Å². The SMILES string of the molecule is COc1cc(C=NNc2nc(-c3ccccc3)cs2)ccc1I. The van der Waals surface area contributed by atoms with Crippen molar-refractivity contribution in [2.45, 2.75) is 0 Å². The van der Waals surface area contributed by atoms with E-state index in [1.54, 1.807) is 13.3 Å². The Hall–Kier alpha value is -1.93. The lowest BCUT2D eigenvalue weighted by Crippen LogP contribution is -1.92. The Kier molecular flexibility index (Phi) is 5.24. The minimum Gasteiger partial charge on any atom is -0.496 e. The van der Waals surface area contributed by atoms with Gasteiger partial charge in [-0.3, -0.25) is 5.43 Å². The number of benzene rings is 2. The number of methoxy groups -OCH3 is 1. The summed E-state index contributed by atoms with van der Waals surface area (Å²) in [6.45, 7) is 0. The number of hydrogen-bond acceptors (Lipinski definition) is 5. The van der Waals surface area contributed by atoms with Gasteiger partial charge in [-0.05, 0) is 40.3 Å². The fraction of sp³-hybridized carbons (Fsp3) is 0.0588. The lowest BCUT2D eigenvalue weighted by molar-refractivity contribution is 0.412. The molecule has 0 saturated heterocycles.